The third kappa shape index (κ3) is 4.73. The molecule has 0 aliphatic heterocycles. The van der Waals surface area contributed by atoms with Gasteiger partial charge in [-0.1, -0.05) is 19.1 Å². The monoisotopic (exact) mass is 225 g/mol. The summed E-state index contributed by atoms with van der Waals surface area (Å²) in [5, 5.41) is 9.74. The molecular formula is C13H20FNO. The number of likely N-dealkylation sites (N-methyl/N-ethyl adjacent to an activating group) is 1. The molecule has 0 atom stereocenters. The van der Waals surface area contributed by atoms with Gasteiger partial charge in [0.2, 0.25) is 0 Å². The lowest BCUT2D eigenvalue weighted by Crippen LogP contribution is -2.38. The summed E-state index contributed by atoms with van der Waals surface area (Å²) in [6.45, 7) is 7.67. The Bertz CT molecular complexity index is 333. The SMILES string of the molecule is CCN(Cc1cccc(F)c1)CC(C)(C)O. The van der Waals surface area contributed by atoms with Crippen LogP contribution in [0.15, 0.2) is 24.3 Å². The van der Waals surface area contributed by atoms with Crippen LogP contribution in [-0.4, -0.2) is 28.7 Å². The van der Waals surface area contributed by atoms with Crippen LogP contribution in [0.5, 0.6) is 0 Å². The van der Waals surface area contributed by atoms with Crippen molar-refractivity contribution in [1.82, 2.24) is 4.90 Å². The molecule has 0 saturated carbocycles. The summed E-state index contributed by atoms with van der Waals surface area (Å²) in [5.41, 5.74) is 0.217. The summed E-state index contributed by atoms with van der Waals surface area (Å²) < 4.78 is 13.0. The first-order valence-corrected chi connectivity index (χ1v) is 5.60. The van der Waals surface area contributed by atoms with E-state index in [1.807, 2.05) is 13.0 Å². The van der Waals surface area contributed by atoms with Crippen LogP contribution in [0, 0.1) is 5.82 Å². The van der Waals surface area contributed by atoms with Crippen molar-refractivity contribution in [2.45, 2.75) is 32.9 Å². The van der Waals surface area contributed by atoms with E-state index < -0.39 is 5.60 Å². The van der Waals surface area contributed by atoms with Crippen LogP contribution < -0.4 is 0 Å². The lowest BCUT2D eigenvalue weighted by Gasteiger charge is -2.27. The van der Waals surface area contributed by atoms with E-state index in [1.165, 1.54) is 12.1 Å². The first kappa shape index (κ1) is 13.1. The van der Waals surface area contributed by atoms with Crippen LogP contribution in [0.25, 0.3) is 0 Å². The van der Waals surface area contributed by atoms with Gasteiger partial charge in [-0.3, -0.25) is 4.90 Å². The van der Waals surface area contributed by atoms with Crippen LogP contribution >= 0.6 is 0 Å². The molecule has 0 aliphatic carbocycles. The van der Waals surface area contributed by atoms with Crippen molar-refractivity contribution in [3.8, 4) is 0 Å². The smallest absolute Gasteiger partial charge is 0.123 e. The van der Waals surface area contributed by atoms with Crippen molar-refractivity contribution in [1.29, 1.82) is 0 Å². The topological polar surface area (TPSA) is 23.5 Å². The Morgan fingerprint density at radius 2 is 2.06 bits per heavy atom. The van der Waals surface area contributed by atoms with Crippen molar-refractivity contribution in [3.63, 3.8) is 0 Å². The fourth-order valence-corrected chi connectivity index (χ4v) is 1.72. The highest BCUT2D eigenvalue weighted by molar-refractivity contribution is 5.16. The second kappa shape index (κ2) is 5.41. The molecule has 0 heterocycles. The minimum Gasteiger partial charge on any atom is -0.389 e. The van der Waals surface area contributed by atoms with Gasteiger partial charge in [-0.2, -0.15) is 0 Å². The van der Waals surface area contributed by atoms with Gasteiger partial charge in [0, 0.05) is 13.1 Å². The molecule has 0 aliphatic rings. The van der Waals surface area contributed by atoms with E-state index in [0.29, 0.717) is 13.1 Å². The summed E-state index contributed by atoms with van der Waals surface area (Å²) in [5.74, 6) is -0.211. The third-order valence-electron chi connectivity index (χ3n) is 2.35. The van der Waals surface area contributed by atoms with Crippen LogP contribution in [0.3, 0.4) is 0 Å². The first-order valence-electron chi connectivity index (χ1n) is 5.60. The highest BCUT2D eigenvalue weighted by Crippen LogP contribution is 2.10. The lowest BCUT2D eigenvalue weighted by molar-refractivity contribution is 0.0353. The van der Waals surface area contributed by atoms with Gasteiger partial charge in [0.15, 0.2) is 0 Å². The summed E-state index contributed by atoms with van der Waals surface area (Å²) in [7, 11) is 0. The zero-order chi connectivity index (χ0) is 12.2. The lowest BCUT2D eigenvalue weighted by atomic mass is 10.1. The van der Waals surface area contributed by atoms with Gasteiger partial charge in [-0.25, -0.2) is 4.39 Å². The third-order valence-corrected chi connectivity index (χ3v) is 2.35. The molecule has 1 rings (SSSR count). The standard InChI is InChI=1S/C13H20FNO/c1-4-15(10-13(2,3)16)9-11-6-5-7-12(14)8-11/h5-8,16H,4,9-10H2,1-3H3. The van der Waals surface area contributed by atoms with Crippen molar-refractivity contribution >= 4 is 0 Å². The second-order valence-corrected chi connectivity index (χ2v) is 4.75. The van der Waals surface area contributed by atoms with E-state index in [2.05, 4.69) is 4.90 Å². The predicted molar refractivity (Wildman–Crippen MR) is 63.6 cm³/mol. The molecule has 1 aromatic carbocycles. The molecule has 90 valence electrons. The number of nitrogens with zero attached hydrogens (tertiary/aromatic N) is 1. The van der Waals surface area contributed by atoms with Gasteiger partial charge in [-0.15, -0.1) is 0 Å². The maximum Gasteiger partial charge on any atom is 0.123 e. The van der Waals surface area contributed by atoms with Gasteiger partial charge in [-0.05, 0) is 38.1 Å². The number of benzene rings is 1. The maximum absolute atomic E-state index is 13.0. The highest BCUT2D eigenvalue weighted by Gasteiger charge is 2.17. The van der Waals surface area contributed by atoms with E-state index in [-0.39, 0.29) is 5.82 Å². The Morgan fingerprint density at radius 1 is 1.38 bits per heavy atom. The normalized spacial score (nSPS) is 12.1. The van der Waals surface area contributed by atoms with Gasteiger partial charge in [0.25, 0.3) is 0 Å². The molecule has 0 aromatic heterocycles. The Hall–Kier alpha value is -0.930. The number of aliphatic hydroxyl groups is 1. The number of hydrogen-bond acceptors (Lipinski definition) is 2. The minimum atomic E-state index is -0.719. The van der Waals surface area contributed by atoms with Gasteiger partial charge in [0.1, 0.15) is 5.82 Å². The molecule has 1 aromatic rings. The minimum absolute atomic E-state index is 0.211. The van der Waals surface area contributed by atoms with Crippen molar-refractivity contribution in [2.24, 2.45) is 0 Å². The Morgan fingerprint density at radius 3 is 2.56 bits per heavy atom. The Labute approximate surface area is 96.7 Å². The van der Waals surface area contributed by atoms with E-state index in [1.54, 1.807) is 19.9 Å². The molecule has 0 unspecified atom stereocenters. The molecule has 0 amide bonds. The Kier molecular flexibility index (Phi) is 4.44. The molecule has 0 radical (unpaired) electrons. The van der Waals surface area contributed by atoms with E-state index >= 15 is 0 Å². The van der Waals surface area contributed by atoms with E-state index in [9.17, 15) is 9.50 Å². The van der Waals surface area contributed by atoms with Crippen LogP contribution in [0.2, 0.25) is 0 Å². The number of hydrogen-bond donors (Lipinski definition) is 1. The molecule has 0 saturated heterocycles. The summed E-state index contributed by atoms with van der Waals surface area (Å²) >= 11 is 0. The zero-order valence-electron chi connectivity index (χ0n) is 10.2. The fraction of sp³-hybridized carbons (Fsp3) is 0.538. The van der Waals surface area contributed by atoms with E-state index in [0.717, 1.165) is 12.1 Å². The first-order chi connectivity index (χ1) is 7.40. The molecular weight excluding hydrogens is 205 g/mol. The van der Waals surface area contributed by atoms with Crippen molar-refractivity contribution in [3.05, 3.63) is 35.6 Å². The maximum atomic E-state index is 13.0. The van der Waals surface area contributed by atoms with Crippen molar-refractivity contribution in [2.75, 3.05) is 13.1 Å². The van der Waals surface area contributed by atoms with E-state index in [4.69, 9.17) is 0 Å². The molecule has 2 nitrogen and oxygen atoms in total. The molecule has 0 spiro atoms. The van der Waals surface area contributed by atoms with Crippen LogP contribution in [-0.2, 0) is 6.54 Å². The van der Waals surface area contributed by atoms with Crippen LogP contribution in [0.4, 0.5) is 4.39 Å². The predicted octanol–water partition coefficient (Wildman–Crippen LogP) is 2.42. The molecule has 1 N–H and O–H groups in total. The average Bonchev–Trinajstić information content (AvgIpc) is 2.14. The van der Waals surface area contributed by atoms with Gasteiger partial charge < -0.3 is 5.11 Å². The Balaban J connectivity index is 2.63. The fourth-order valence-electron chi connectivity index (χ4n) is 1.72. The van der Waals surface area contributed by atoms with Crippen LogP contribution in [0.1, 0.15) is 26.3 Å². The largest absolute Gasteiger partial charge is 0.389 e. The molecule has 0 fully saturated rings. The van der Waals surface area contributed by atoms with Gasteiger partial charge in [0.05, 0.1) is 5.60 Å². The summed E-state index contributed by atoms with van der Waals surface area (Å²) in [4.78, 5) is 2.09. The molecule has 0 bridgehead atoms. The average molecular weight is 225 g/mol. The number of rotatable bonds is 5. The zero-order valence-corrected chi connectivity index (χ0v) is 10.2. The number of halogens is 1. The second-order valence-electron chi connectivity index (χ2n) is 4.75. The quantitative estimate of drug-likeness (QED) is 0.832. The molecule has 16 heavy (non-hydrogen) atoms. The summed E-state index contributed by atoms with van der Waals surface area (Å²) in [6.07, 6.45) is 0. The highest BCUT2D eigenvalue weighted by atomic mass is 19.1. The van der Waals surface area contributed by atoms with Gasteiger partial charge >= 0.3 is 0 Å². The molecule has 3 heteroatoms. The van der Waals surface area contributed by atoms with Crippen molar-refractivity contribution < 1.29 is 9.50 Å². The summed E-state index contributed by atoms with van der Waals surface area (Å²) in [6, 6.07) is 6.58.